The van der Waals surface area contributed by atoms with E-state index in [0.717, 1.165) is 19.3 Å². The molecule has 26 heavy (non-hydrogen) atoms. The highest BCUT2D eigenvalue weighted by atomic mass is 16.5. The van der Waals surface area contributed by atoms with Crippen LogP contribution in [-0.4, -0.2) is 48.1 Å². The summed E-state index contributed by atoms with van der Waals surface area (Å²) in [4.78, 5) is 27.0. The summed E-state index contributed by atoms with van der Waals surface area (Å²) in [6, 6.07) is 7.97. The van der Waals surface area contributed by atoms with Crippen LogP contribution in [0, 0.1) is 0 Å². The second kappa shape index (κ2) is 6.38. The SMILES string of the molecule is COC1(CC(=O)N2CCC(C)(NC(=O)c3ccc(C4CC4)cc3)C2)CC1. The van der Waals surface area contributed by atoms with E-state index in [-0.39, 0.29) is 23.0 Å². The van der Waals surface area contributed by atoms with Gasteiger partial charge in [-0.15, -0.1) is 0 Å². The second-order valence-corrected chi connectivity index (χ2v) is 8.54. The van der Waals surface area contributed by atoms with Crippen LogP contribution in [0.2, 0.25) is 0 Å². The van der Waals surface area contributed by atoms with Crippen LogP contribution in [0.15, 0.2) is 24.3 Å². The van der Waals surface area contributed by atoms with Crippen molar-refractivity contribution in [2.75, 3.05) is 20.2 Å². The highest BCUT2D eigenvalue weighted by Gasteiger charge is 2.47. The lowest BCUT2D eigenvalue weighted by Gasteiger charge is -2.27. The van der Waals surface area contributed by atoms with Gasteiger partial charge >= 0.3 is 0 Å². The van der Waals surface area contributed by atoms with Crippen LogP contribution in [0.25, 0.3) is 0 Å². The Kier molecular flexibility index (Phi) is 4.30. The number of carbonyl (C=O) groups excluding carboxylic acids is 2. The molecule has 2 saturated carbocycles. The quantitative estimate of drug-likeness (QED) is 0.853. The number of benzene rings is 1. The van der Waals surface area contributed by atoms with E-state index in [4.69, 9.17) is 4.74 Å². The standard InChI is InChI=1S/C21H28N2O3/c1-20(11-12-23(14-20)18(24)13-21(26-2)9-10-21)22-19(25)17-7-5-16(6-8-17)15-3-4-15/h5-8,15H,3-4,9-14H2,1-2H3,(H,22,25). The molecule has 1 atom stereocenters. The van der Waals surface area contributed by atoms with E-state index in [1.807, 2.05) is 24.0 Å². The Morgan fingerprint density at radius 3 is 2.46 bits per heavy atom. The van der Waals surface area contributed by atoms with Gasteiger partial charge in [-0.1, -0.05) is 12.1 Å². The molecule has 4 rings (SSSR count). The normalized spacial score (nSPS) is 26.6. The Hall–Kier alpha value is -1.88. The number of rotatable bonds is 6. The van der Waals surface area contributed by atoms with Crippen LogP contribution >= 0.6 is 0 Å². The van der Waals surface area contributed by atoms with Crippen molar-refractivity contribution in [2.24, 2.45) is 0 Å². The van der Waals surface area contributed by atoms with Crippen molar-refractivity contribution in [3.05, 3.63) is 35.4 Å². The lowest BCUT2D eigenvalue weighted by atomic mass is 10.0. The maximum absolute atomic E-state index is 12.6. The Morgan fingerprint density at radius 2 is 1.88 bits per heavy atom. The maximum atomic E-state index is 12.6. The molecule has 1 aliphatic heterocycles. The van der Waals surface area contributed by atoms with E-state index >= 15 is 0 Å². The van der Waals surface area contributed by atoms with Crippen molar-refractivity contribution < 1.29 is 14.3 Å². The first-order valence-corrected chi connectivity index (χ1v) is 9.67. The van der Waals surface area contributed by atoms with Gasteiger partial charge in [0.05, 0.1) is 17.6 Å². The van der Waals surface area contributed by atoms with Crippen LogP contribution in [0.4, 0.5) is 0 Å². The van der Waals surface area contributed by atoms with Gasteiger partial charge in [0.1, 0.15) is 0 Å². The summed E-state index contributed by atoms with van der Waals surface area (Å²) >= 11 is 0. The maximum Gasteiger partial charge on any atom is 0.251 e. The van der Waals surface area contributed by atoms with Crippen molar-refractivity contribution in [3.63, 3.8) is 0 Å². The first kappa shape index (κ1) is 17.5. The number of ether oxygens (including phenoxy) is 1. The molecule has 2 amide bonds. The molecular formula is C21H28N2O3. The van der Waals surface area contributed by atoms with Gasteiger partial charge in [0.25, 0.3) is 5.91 Å². The van der Waals surface area contributed by atoms with Gasteiger partial charge in [0, 0.05) is 25.8 Å². The fourth-order valence-corrected chi connectivity index (χ4v) is 3.93. The molecule has 0 radical (unpaired) electrons. The Labute approximate surface area is 155 Å². The summed E-state index contributed by atoms with van der Waals surface area (Å²) in [7, 11) is 1.68. The van der Waals surface area contributed by atoms with Gasteiger partial charge in [-0.3, -0.25) is 9.59 Å². The zero-order chi connectivity index (χ0) is 18.4. The number of hydrogen-bond acceptors (Lipinski definition) is 3. The van der Waals surface area contributed by atoms with E-state index in [1.165, 1.54) is 18.4 Å². The number of amides is 2. The molecule has 0 bridgehead atoms. The van der Waals surface area contributed by atoms with Gasteiger partial charge in [0.2, 0.25) is 5.91 Å². The monoisotopic (exact) mass is 356 g/mol. The van der Waals surface area contributed by atoms with E-state index in [9.17, 15) is 9.59 Å². The summed E-state index contributed by atoms with van der Waals surface area (Å²) in [6.07, 6.45) is 5.69. The van der Waals surface area contributed by atoms with Crippen molar-refractivity contribution in [1.82, 2.24) is 10.2 Å². The minimum Gasteiger partial charge on any atom is -0.378 e. The summed E-state index contributed by atoms with van der Waals surface area (Å²) in [5.41, 5.74) is 1.43. The molecule has 3 aliphatic rings. The predicted octanol–water partition coefficient (Wildman–Crippen LogP) is 2.85. The van der Waals surface area contributed by atoms with Crippen molar-refractivity contribution in [2.45, 2.75) is 62.5 Å². The number of methoxy groups -OCH3 is 1. The van der Waals surface area contributed by atoms with Gasteiger partial charge in [0.15, 0.2) is 0 Å². The minimum absolute atomic E-state index is 0.0558. The zero-order valence-corrected chi connectivity index (χ0v) is 15.7. The van der Waals surface area contributed by atoms with Gasteiger partial charge in [-0.2, -0.15) is 0 Å². The van der Waals surface area contributed by atoms with E-state index in [0.29, 0.717) is 31.0 Å². The molecule has 2 aliphatic carbocycles. The van der Waals surface area contributed by atoms with Crippen LogP contribution in [0.1, 0.15) is 67.3 Å². The topological polar surface area (TPSA) is 58.6 Å². The molecule has 1 aromatic rings. The summed E-state index contributed by atoms with van der Waals surface area (Å²) in [5, 5.41) is 3.15. The van der Waals surface area contributed by atoms with Gasteiger partial charge in [-0.05, 0) is 62.6 Å². The second-order valence-electron chi connectivity index (χ2n) is 8.54. The van der Waals surface area contributed by atoms with Crippen molar-refractivity contribution in [3.8, 4) is 0 Å². The van der Waals surface area contributed by atoms with Gasteiger partial charge in [-0.25, -0.2) is 0 Å². The molecule has 1 heterocycles. The number of nitrogens with one attached hydrogen (secondary N) is 1. The third-order valence-electron chi connectivity index (χ3n) is 6.18. The lowest BCUT2D eigenvalue weighted by molar-refractivity contribution is -0.133. The van der Waals surface area contributed by atoms with E-state index in [1.54, 1.807) is 7.11 Å². The molecule has 3 fully saturated rings. The molecule has 140 valence electrons. The lowest BCUT2D eigenvalue weighted by Crippen LogP contribution is -2.48. The average molecular weight is 356 g/mol. The van der Waals surface area contributed by atoms with Crippen molar-refractivity contribution in [1.29, 1.82) is 0 Å². The number of carbonyl (C=O) groups is 2. The number of hydrogen-bond donors (Lipinski definition) is 1. The first-order chi connectivity index (χ1) is 12.4. The molecule has 0 spiro atoms. The molecule has 1 N–H and O–H groups in total. The highest BCUT2D eigenvalue weighted by molar-refractivity contribution is 5.94. The summed E-state index contributed by atoms with van der Waals surface area (Å²) in [6.45, 7) is 3.29. The predicted molar refractivity (Wildman–Crippen MR) is 99.1 cm³/mol. The fraction of sp³-hybridized carbons (Fsp3) is 0.619. The molecular weight excluding hydrogens is 328 g/mol. The largest absolute Gasteiger partial charge is 0.378 e. The number of nitrogens with zero attached hydrogens (tertiary/aromatic N) is 1. The molecule has 0 aromatic heterocycles. The van der Waals surface area contributed by atoms with Gasteiger partial charge < -0.3 is 15.0 Å². The Bertz CT molecular complexity index is 706. The minimum atomic E-state index is -0.369. The fourth-order valence-electron chi connectivity index (χ4n) is 3.93. The van der Waals surface area contributed by atoms with Crippen LogP contribution in [0.3, 0.4) is 0 Å². The molecule has 5 nitrogen and oxygen atoms in total. The third-order valence-corrected chi connectivity index (χ3v) is 6.18. The molecule has 1 aromatic carbocycles. The summed E-state index contributed by atoms with van der Waals surface area (Å²) < 4.78 is 5.47. The van der Waals surface area contributed by atoms with Crippen LogP contribution in [0.5, 0.6) is 0 Å². The molecule has 1 saturated heterocycles. The van der Waals surface area contributed by atoms with E-state index < -0.39 is 0 Å². The average Bonchev–Trinajstić information content (AvgIpc) is 3.55. The molecule has 1 unspecified atom stereocenters. The van der Waals surface area contributed by atoms with Crippen LogP contribution < -0.4 is 5.32 Å². The zero-order valence-electron chi connectivity index (χ0n) is 15.7. The Balaban J connectivity index is 1.33. The van der Waals surface area contributed by atoms with Crippen LogP contribution in [-0.2, 0) is 9.53 Å². The molecule has 5 heteroatoms. The smallest absolute Gasteiger partial charge is 0.251 e. The van der Waals surface area contributed by atoms with E-state index in [2.05, 4.69) is 17.4 Å². The summed E-state index contributed by atoms with van der Waals surface area (Å²) in [5.74, 6) is 0.775. The highest BCUT2D eigenvalue weighted by Crippen LogP contribution is 2.43. The first-order valence-electron chi connectivity index (χ1n) is 9.67. The Morgan fingerprint density at radius 1 is 1.19 bits per heavy atom. The van der Waals surface area contributed by atoms with Crippen molar-refractivity contribution >= 4 is 11.8 Å². The number of likely N-dealkylation sites (tertiary alicyclic amines) is 1. The third kappa shape index (κ3) is 3.63.